The van der Waals surface area contributed by atoms with Crippen molar-refractivity contribution in [2.45, 2.75) is 38.3 Å². The lowest BCUT2D eigenvalue weighted by Crippen LogP contribution is -2.31. The molecular formula is C13H18FNO. The molecule has 1 aliphatic rings. The van der Waals surface area contributed by atoms with Gasteiger partial charge < -0.3 is 10.1 Å². The van der Waals surface area contributed by atoms with Crippen LogP contribution in [0.25, 0.3) is 0 Å². The van der Waals surface area contributed by atoms with Gasteiger partial charge >= 0.3 is 0 Å². The van der Waals surface area contributed by atoms with E-state index in [-0.39, 0.29) is 18.0 Å². The monoisotopic (exact) mass is 223 g/mol. The van der Waals surface area contributed by atoms with Crippen molar-refractivity contribution >= 4 is 0 Å². The Morgan fingerprint density at radius 2 is 2.31 bits per heavy atom. The first kappa shape index (κ1) is 11.4. The molecule has 0 fully saturated rings. The van der Waals surface area contributed by atoms with E-state index in [2.05, 4.69) is 12.2 Å². The smallest absolute Gasteiger partial charge is 0.124 e. The molecule has 0 spiro atoms. The first-order valence-corrected chi connectivity index (χ1v) is 5.88. The van der Waals surface area contributed by atoms with Crippen LogP contribution in [0, 0.1) is 5.82 Å². The fourth-order valence-electron chi connectivity index (χ4n) is 2.29. The second-order valence-corrected chi connectivity index (χ2v) is 4.29. The fraction of sp³-hybridized carbons (Fsp3) is 0.538. The van der Waals surface area contributed by atoms with Crippen LogP contribution in [0.3, 0.4) is 0 Å². The van der Waals surface area contributed by atoms with E-state index >= 15 is 0 Å². The van der Waals surface area contributed by atoms with E-state index < -0.39 is 0 Å². The maximum Gasteiger partial charge on any atom is 0.124 e. The number of halogens is 1. The van der Waals surface area contributed by atoms with E-state index in [4.69, 9.17) is 4.74 Å². The molecule has 0 aliphatic carbocycles. The summed E-state index contributed by atoms with van der Waals surface area (Å²) in [7, 11) is 1.91. The molecule has 2 nitrogen and oxygen atoms in total. The van der Waals surface area contributed by atoms with Crippen LogP contribution < -0.4 is 10.1 Å². The molecule has 2 rings (SSSR count). The summed E-state index contributed by atoms with van der Waals surface area (Å²) in [6.45, 7) is 2.15. The number of benzene rings is 1. The molecule has 1 heterocycles. The summed E-state index contributed by atoms with van der Waals surface area (Å²) in [4.78, 5) is 0. The van der Waals surface area contributed by atoms with Crippen molar-refractivity contribution in [3.05, 3.63) is 29.6 Å². The summed E-state index contributed by atoms with van der Waals surface area (Å²) in [6, 6.07) is 4.96. The normalized spacial score (nSPS) is 23.7. The molecule has 1 N–H and O–H groups in total. The quantitative estimate of drug-likeness (QED) is 0.850. The second-order valence-electron chi connectivity index (χ2n) is 4.29. The summed E-state index contributed by atoms with van der Waals surface area (Å²) in [5.74, 6) is 0.627. The van der Waals surface area contributed by atoms with Gasteiger partial charge in [-0.2, -0.15) is 0 Å². The molecule has 2 unspecified atom stereocenters. The second kappa shape index (κ2) is 4.83. The molecule has 2 atom stereocenters. The van der Waals surface area contributed by atoms with E-state index in [0.29, 0.717) is 0 Å². The molecule has 16 heavy (non-hydrogen) atoms. The van der Waals surface area contributed by atoms with Gasteiger partial charge in [0.1, 0.15) is 17.7 Å². The van der Waals surface area contributed by atoms with E-state index in [9.17, 15) is 4.39 Å². The van der Waals surface area contributed by atoms with Crippen molar-refractivity contribution < 1.29 is 9.13 Å². The average Bonchev–Trinajstić information content (AvgIpc) is 2.29. The number of ether oxygens (including phenoxy) is 1. The van der Waals surface area contributed by atoms with Crippen molar-refractivity contribution in [3.8, 4) is 5.75 Å². The lowest BCUT2D eigenvalue weighted by atomic mass is 9.94. The van der Waals surface area contributed by atoms with E-state index in [1.54, 1.807) is 12.1 Å². The van der Waals surface area contributed by atoms with Crippen molar-refractivity contribution in [1.82, 2.24) is 5.32 Å². The largest absolute Gasteiger partial charge is 0.490 e. The number of nitrogens with one attached hydrogen (secondary N) is 1. The number of hydrogen-bond acceptors (Lipinski definition) is 2. The predicted octanol–water partition coefficient (Wildman–Crippen LogP) is 3.04. The third-order valence-electron chi connectivity index (χ3n) is 3.10. The van der Waals surface area contributed by atoms with Crippen molar-refractivity contribution in [2.24, 2.45) is 0 Å². The molecular weight excluding hydrogens is 205 g/mol. The van der Waals surface area contributed by atoms with Gasteiger partial charge in [-0.05, 0) is 31.7 Å². The summed E-state index contributed by atoms with van der Waals surface area (Å²) in [6.07, 6.45) is 3.33. The Morgan fingerprint density at radius 1 is 1.50 bits per heavy atom. The third kappa shape index (κ3) is 2.19. The average molecular weight is 223 g/mol. The van der Waals surface area contributed by atoms with Crippen molar-refractivity contribution in [3.63, 3.8) is 0 Å². The maximum atomic E-state index is 13.2. The minimum atomic E-state index is -0.198. The van der Waals surface area contributed by atoms with Gasteiger partial charge in [-0.25, -0.2) is 4.39 Å². The molecule has 1 aromatic rings. The van der Waals surface area contributed by atoms with Crippen LogP contribution >= 0.6 is 0 Å². The Morgan fingerprint density at radius 3 is 3.00 bits per heavy atom. The minimum Gasteiger partial charge on any atom is -0.490 e. The highest BCUT2D eigenvalue weighted by molar-refractivity contribution is 5.38. The first-order valence-electron chi connectivity index (χ1n) is 5.88. The molecule has 0 saturated carbocycles. The van der Waals surface area contributed by atoms with Crippen molar-refractivity contribution in [1.29, 1.82) is 0 Å². The number of hydrogen-bond donors (Lipinski definition) is 1. The van der Waals surface area contributed by atoms with E-state index in [0.717, 1.165) is 30.6 Å². The highest BCUT2D eigenvalue weighted by Crippen LogP contribution is 2.36. The van der Waals surface area contributed by atoms with Crippen LogP contribution in [-0.4, -0.2) is 13.2 Å². The van der Waals surface area contributed by atoms with E-state index in [1.165, 1.54) is 6.07 Å². The molecule has 3 heteroatoms. The highest BCUT2D eigenvalue weighted by Gasteiger charge is 2.26. The lowest BCUT2D eigenvalue weighted by Gasteiger charge is -2.32. The zero-order chi connectivity index (χ0) is 11.5. The molecule has 1 aliphatic heterocycles. The van der Waals surface area contributed by atoms with Gasteiger partial charge in [-0.1, -0.05) is 13.3 Å². The number of rotatable bonds is 3. The molecule has 0 radical (unpaired) electrons. The Bertz CT molecular complexity index is 367. The highest BCUT2D eigenvalue weighted by atomic mass is 19.1. The topological polar surface area (TPSA) is 21.3 Å². The molecule has 0 saturated heterocycles. The molecule has 88 valence electrons. The van der Waals surface area contributed by atoms with Gasteiger partial charge in [0.05, 0.1) is 0 Å². The minimum absolute atomic E-state index is 0.198. The lowest BCUT2D eigenvalue weighted by molar-refractivity contribution is 0.142. The van der Waals surface area contributed by atoms with Crippen LogP contribution in [0.15, 0.2) is 18.2 Å². The van der Waals surface area contributed by atoms with Crippen LogP contribution in [-0.2, 0) is 0 Å². The first-order chi connectivity index (χ1) is 7.74. The molecule has 0 amide bonds. The molecule has 0 aromatic heterocycles. The fourth-order valence-corrected chi connectivity index (χ4v) is 2.29. The summed E-state index contributed by atoms with van der Waals surface area (Å²) < 4.78 is 19.0. The van der Waals surface area contributed by atoms with Gasteiger partial charge in [-0.15, -0.1) is 0 Å². The zero-order valence-electron chi connectivity index (χ0n) is 9.79. The Labute approximate surface area is 95.8 Å². The summed E-state index contributed by atoms with van der Waals surface area (Å²) in [5.41, 5.74) is 0.940. The van der Waals surface area contributed by atoms with Crippen molar-refractivity contribution in [2.75, 3.05) is 7.05 Å². The van der Waals surface area contributed by atoms with Gasteiger partial charge in [0.15, 0.2) is 0 Å². The Hall–Kier alpha value is -1.09. The third-order valence-corrected chi connectivity index (χ3v) is 3.10. The van der Waals surface area contributed by atoms with Crippen LogP contribution in [0.5, 0.6) is 5.75 Å². The SMILES string of the molecule is CCCC1CC(NC)c2cc(F)ccc2O1. The Balaban J connectivity index is 2.27. The standard InChI is InChI=1S/C13H18FNO/c1-3-4-10-8-12(15-2)11-7-9(14)5-6-13(11)16-10/h5-7,10,12,15H,3-4,8H2,1-2H3. The van der Waals surface area contributed by atoms with Gasteiger partial charge in [0.2, 0.25) is 0 Å². The van der Waals surface area contributed by atoms with Crippen LogP contribution in [0.4, 0.5) is 4.39 Å². The molecule has 0 bridgehead atoms. The summed E-state index contributed by atoms with van der Waals surface area (Å²) in [5, 5.41) is 3.23. The number of fused-ring (bicyclic) bond motifs is 1. The van der Waals surface area contributed by atoms with E-state index in [1.807, 2.05) is 7.05 Å². The van der Waals surface area contributed by atoms with Gasteiger partial charge in [-0.3, -0.25) is 0 Å². The van der Waals surface area contributed by atoms with Gasteiger partial charge in [0, 0.05) is 18.0 Å². The predicted molar refractivity (Wildman–Crippen MR) is 62.1 cm³/mol. The maximum absolute atomic E-state index is 13.2. The van der Waals surface area contributed by atoms with Gasteiger partial charge in [0.25, 0.3) is 0 Å². The Kier molecular flexibility index (Phi) is 3.44. The molecule has 1 aromatic carbocycles. The summed E-state index contributed by atoms with van der Waals surface area (Å²) >= 11 is 0. The van der Waals surface area contributed by atoms with Crippen LogP contribution in [0.2, 0.25) is 0 Å². The zero-order valence-corrected chi connectivity index (χ0v) is 9.79. The van der Waals surface area contributed by atoms with Crippen LogP contribution in [0.1, 0.15) is 37.8 Å².